The number of aromatic nitrogens is 1. The summed E-state index contributed by atoms with van der Waals surface area (Å²) >= 11 is 1.10. The van der Waals surface area contributed by atoms with E-state index in [1.54, 1.807) is 51.1 Å². The van der Waals surface area contributed by atoms with Crippen LogP contribution in [0.5, 0.6) is 11.5 Å². The number of thiazole rings is 1. The van der Waals surface area contributed by atoms with Gasteiger partial charge in [0.25, 0.3) is 11.2 Å². The molecule has 1 aromatic heterocycles. The van der Waals surface area contributed by atoms with Crippen molar-refractivity contribution in [2.75, 3.05) is 26.9 Å². The number of non-ortho nitro benzene ring substituents is 1. The van der Waals surface area contributed by atoms with Gasteiger partial charge in [0, 0.05) is 12.1 Å². The molecular formula is C28H27N3O9S. The number of ether oxygens (including phenoxy) is 4. The number of benzene rings is 2. The zero-order valence-corrected chi connectivity index (χ0v) is 23.6. The Morgan fingerprint density at radius 1 is 1.12 bits per heavy atom. The molecule has 214 valence electrons. The van der Waals surface area contributed by atoms with Crippen molar-refractivity contribution < 1.29 is 33.5 Å². The Kier molecular flexibility index (Phi) is 8.97. The van der Waals surface area contributed by atoms with Gasteiger partial charge in [0.05, 0.1) is 47.1 Å². The van der Waals surface area contributed by atoms with Crippen molar-refractivity contribution in [1.29, 1.82) is 0 Å². The largest absolute Gasteiger partial charge is 0.490 e. The van der Waals surface area contributed by atoms with Gasteiger partial charge in [-0.1, -0.05) is 29.5 Å². The number of methoxy groups -OCH3 is 1. The van der Waals surface area contributed by atoms with Gasteiger partial charge < -0.3 is 18.9 Å². The summed E-state index contributed by atoms with van der Waals surface area (Å²) in [4.78, 5) is 54.2. The highest BCUT2D eigenvalue weighted by atomic mass is 32.1. The summed E-state index contributed by atoms with van der Waals surface area (Å²) in [5.41, 5.74) is 0.978. The molecule has 0 spiro atoms. The van der Waals surface area contributed by atoms with E-state index in [-0.39, 0.29) is 41.4 Å². The minimum Gasteiger partial charge on any atom is -0.490 e. The van der Waals surface area contributed by atoms with Gasteiger partial charge in [-0.3, -0.25) is 19.5 Å². The number of allylic oxidation sites excluding steroid dienone is 1. The number of rotatable bonds is 10. The van der Waals surface area contributed by atoms with Crippen LogP contribution >= 0.6 is 11.3 Å². The molecule has 0 unspecified atom stereocenters. The van der Waals surface area contributed by atoms with Crippen molar-refractivity contribution in [1.82, 2.24) is 4.57 Å². The highest BCUT2D eigenvalue weighted by molar-refractivity contribution is 7.07. The molecule has 0 bridgehead atoms. The summed E-state index contributed by atoms with van der Waals surface area (Å²) in [6.07, 6.45) is 1.55. The molecule has 0 amide bonds. The lowest BCUT2D eigenvalue weighted by molar-refractivity contribution is -0.384. The van der Waals surface area contributed by atoms with E-state index in [9.17, 15) is 24.5 Å². The minimum atomic E-state index is -0.925. The minimum absolute atomic E-state index is 0.109. The Bertz CT molecular complexity index is 1720. The second-order valence-corrected chi connectivity index (χ2v) is 9.67. The first-order chi connectivity index (χ1) is 19.7. The Morgan fingerprint density at radius 3 is 2.59 bits per heavy atom. The Hall–Kier alpha value is -4.78. The number of nitro groups is 1. The normalized spacial score (nSPS) is 14.6. The fourth-order valence-electron chi connectivity index (χ4n) is 4.26. The standard InChI is InChI=1S/C28H27N3O9S/c1-5-38-21-14-18(10-11-20(21)40-15-23(32)37-4)25-24(27(34)39-6-2)16(3)29-28-30(25)26(33)22(41-28)13-17-8-7-9-19(12-17)31(35)36/h7-14,25H,5-6,15H2,1-4H3/b22-13-/t25-/m1/s1. The van der Waals surface area contributed by atoms with Gasteiger partial charge >= 0.3 is 11.9 Å². The SMILES string of the molecule is CCOC(=O)C1=C(C)N=c2s/c(=C\c3cccc([N+](=O)[O-])c3)c(=O)n2[C@@H]1c1ccc(OCC(=O)OC)c(OCC)c1. The van der Waals surface area contributed by atoms with Gasteiger partial charge in [-0.05, 0) is 50.1 Å². The van der Waals surface area contributed by atoms with Crippen molar-refractivity contribution in [3.63, 3.8) is 0 Å². The van der Waals surface area contributed by atoms with Gasteiger partial charge in [0.2, 0.25) is 0 Å². The number of carbonyl (C=O) groups excluding carboxylic acids is 2. The summed E-state index contributed by atoms with van der Waals surface area (Å²) in [5.74, 6) is -0.630. The second kappa shape index (κ2) is 12.6. The van der Waals surface area contributed by atoms with Gasteiger partial charge in [0.1, 0.15) is 0 Å². The third kappa shape index (κ3) is 6.19. The Morgan fingerprint density at radius 2 is 1.90 bits per heavy atom. The van der Waals surface area contributed by atoms with E-state index in [4.69, 9.17) is 14.2 Å². The molecule has 1 aliphatic heterocycles. The summed E-state index contributed by atoms with van der Waals surface area (Å²) in [6.45, 7) is 5.18. The molecule has 2 aromatic carbocycles. The molecule has 12 nitrogen and oxygen atoms in total. The highest BCUT2D eigenvalue weighted by Gasteiger charge is 2.34. The van der Waals surface area contributed by atoms with Gasteiger partial charge in [-0.15, -0.1) is 0 Å². The van der Waals surface area contributed by atoms with Crippen LogP contribution in [-0.4, -0.2) is 48.4 Å². The zero-order valence-electron chi connectivity index (χ0n) is 22.7. The van der Waals surface area contributed by atoms with Crippen LogP contribution in [0, 0.1) is 10.1 Å². The van der Waals surface area contributed by atoms with Crippen molar-refractivity contribution in [2.45, 2.75) is 26.8 Å². The predicted molar refractivity (Wildman–Crippen MR) is 149 cm³/mol. The smallest absolute Gasteiger partial charge is 0.343 e. The maximum atomic E-state index is 13.8. The number of nitro benzene ring substituents is 1. The van der Waals surface area contributed by atoms with Crippen LogP contribution in [0.2, 0.25) is 0 Å². The Balaban J connectivity index is 1.90. The molecule has 1 atom stereocenters. The number of hydrogen-bond acceptors (Lipinski definition) is 11. The van der Waals surface area contributed by atoms with Crippen LogP contribution in [0.15, 0.2) is 63.5 Å². The van der Waals surface area contributed by atoms with E-state index in [2.05, 4.69) is 9.73 Å². The van der Waals surface area contributed by atoms with Gasteiger partial charge in [0.15, 0.2) is 22.9 Å². The van der Waals surface area contributed by atoms with Crippen LogP contribution in [0.1, 0.15) is 37.9 Å². The maximum absolute atomic E-state index is 13.8. The highest BCUT2D eigenvalue weighted by Crippen LogP contribution is 2.36. The van der Waals surface area contributed by atoms with Gasteiger partial charge in [-0.2, -0.15) is 0 Å². The van der Waals surface area contributed by atoms with Gasteiger partial charge in [-0.25, -0.2) is 14.6 Å². The monoisotopic (exact) mass is 581 g/mol. The molecule has 13 heteroatoms. The molecule has 3 aromatic rings. The molecule has 0 N–H and O–H groups in total. The van der Waals surface area contributed by atoms with Crippen LogP contribution < -0.4 is 24.4 Å². The number of fused-ring (bicyclic) bond motifs is 1. The summed E-state index contributed by atoms with van der Waals surface area (Å²) in [7, 11) is 1.25. The molecule has 2 heterocycles. The van der Waals surface area contributed by atoms with Crippen LogP contribution in [0.4, 0.5) is 5.69 Å². The van der Waals surface area contributed by atoms with E-state index < -0.39 is 28.5 Å². The lowest BCUT2D eigenvalue weighted by atomic mass is 9.95. The molecule has 0 aliphatic carbocycles. The lowest BCUT2D eigenvalue weighted by Gasteiger charge is -2.25. The van der Waals surface area contributed by atoms with Crippen molar-refractivity contribution in [3.8, 4) is 11.5 Å². The van der Waals surface area contributed by atoms with Crippen molar-refractivity contribution >= 4 is 35.0 Å². The number of nitrogens with zero attached hydrogens (tertiary/aromatic N) is 3. The fraction of sp³-hybridized carbons (Fsp3) is 0.286. The third-order valence-corrected chi connectivity index (χ3v) is 7.04. The summed E-state index contributed by atoms with van der Waals surface area (Å²) in [6, 6.07) is 9.87. The first-order valence-electron chi connectivity index (χ1n) is 12.6. The average molecular weight is 582 g/mol. The van der Waals surface area contributed by atoms with E-state index in [0.717, 1.165) is 11.3 Å². The van der Waals surface area contributed by atoms with Crippen LogP contribution in [0.3, 0.4) is 0 Å². The number of hydrogen-bond donors (Lipinski definition) is 0. The van der Waals surface area contributed by atoms with Crippen molar-refractivity contribution in [3.05, 3.63) is 94.7 Å². The van der Waals surface area contributed by atoms with Crippen LogP contribution in [0.25, 0.3) is 6.08 Å². The molecule has 0 radical (unpaired) electrons. The first-order valence-corrected chi connectivity index (χ1v) is 13.4. The fourth-order valence-corrected chi connectivity index (χ4v) is 5.31. The third-order valence-electron chi connectivity index (χ3n) is 6.05. The second-order valence-electron chi connectivity index (χ2n) is 8.66. The molecular weight excluding hydrogens is 554 g/mol. The average Bonchev–Trinajstić information content (AvgIpc) is 3.25. The molecule has 0 fully saturated rings. The topological polar surface area (TPSA) is 149 Å². The lowest BCUT2D eigenvalue weighted by Crippen LogP contribution is -2.40. The Labute approximate surface area is 237 Å². The molecule has 4 rings (SSSR count). The molecule has 41 heavy (non-hydrogen) atoms. The zero-order chi connectivity index (χ0) is 29.7. The molecule has 1 aliphatic rings. The number of esters is 2. The van der Waals surface area contributed by atoms with E-state index in [1.165, 1.54) is 29.9 Å². The summed E-state index contributed by atoms with van der Waals surface area (Å²) < 4.78 is 23.0. The quantitative estimate of drug-likeness (QED) is 0.200. The summed E-state index contributed by atoms with van der Waals surface area (Å²) in [5, 5.41) is 11.2. The molecule has 0 saturated heterocycles. The predicted octanol–water partition coefficient (Wildman–Crippen LogP) is 2.66. The van der Waals surface area contributed by atoms with E-state index in [0.29, 0.717) is 27.4 Å². The van der Waals surface area contributed by atoms with E-state index in [1.807, 2.05) is 0 Å². The molecule has 0 saturated carbocycles. The van der Waals surface area contributed by atoms with Crippen LogP contribution in [-0.2, 0) is 19.1 Å². The maximum Gasteiger partial charge on any atom is 0.343 e. The van der Waals surface area contributed by atoms with Crippen molar-refractivity contribution in [2.24, 2.45) is 4.99 Å². The van der Waals surface area contributed by atoms with E-state index >= 15 is 0 Å². The first kappa shape index (κ1) is 29.2. The number of carbonyl (C=O) groups is 2.